The molecule has 0 aliphatic carbocycles. The minimum absolute atomic E-state index is 0.131. The van der Waals surface area contributed by atoms with Gasteiger partial charge in [-0.3, -0.25) is 0 Å². The van der Waals surface area contributed by atoms with Crippen LogP contribution in [-0.4, -0.2) is 6.54 Å². The average molecular weight is 229 g/mol. The lowest BCUT2D eigenvalue weighted by molar-refractivity contribution is 0.442. The predicted octanol–water partition coefficient (Wildman–Crippen LogP) is 3.49. The maximum Gasteiger partial charge on any atom is 0.164 e. The molecule has 0 saturated carbocycles. The van der Waals surface area contributed by atoms with Crippen molar-refractivity contribution in [1.82, 2.24) is 0 Å². The smallest absolute Gasteiger partial charge is 0.164 e. The van der Waals surface area contributed by atoms with Crippen LogP contribution in [0.5, 0.6) is 0 Å². The van der Waals surface area contributed by atoms with Crippen LogP contribution < -0.4 is 5.32 Å². The Labute approximate surface area is 92.7 Å². The van der Waals surface area contributed by atoms with Crippen molar-refractivity contribution in [3.8, 4) is 0 Å². The Morgan fingerprint density at radius 1 is 1.31 bits per heavy atom. The number of benzene rings is 1. The van der Waals surface area contributed by atoms with E-state index < -0.39 is 17.5 Å². The second-order valence-corrected chi connectivity index (χ2v) is 4.25. The van der Waals surface area contributed by atoms with Gasteiger partial charge in [0.1, 0.15) is 5.82 Å². The third-order valence-corrected chi connectivity index (χ3v) is 3.03. The summed E-state index contributed by atoms with van der Waals surface area (Å²) in [6.07, 6.45) is 2.34. The maximum absolute atomic E-state index is 13.5. The molecular formula is C12H14F3N. The van der Waals surface area contributed by atoms with Gasteiger partial charge in [0.15, 0.2) is 11.6 Å². The monoisotopic (exact) mass is 229 g/mol. The standard InChI is InChI=1S/C12H14F3N/c1-2-3-7-4-8-11(15)9(13)5-10(14)12(8)16-6-7/h5,7,16H,2-4,6H2,1H3. The summed E-state index contributed by atoms with van der Waals surface area (Å²) < 4.78 is 39.9. The fraction of sp³-hybridized carbons (Fsp3) is 0.500. The maximum atomic E-state index is 13.5. The largest absolute Gasteiger partial charge is 0.382 e. The van der Waals surface area contributed by atoms with E-state index in [1.165, 1.54) is 0 Å². The van der Waals surface area contributed by atoms with E-state index in [2.05, 4.69) is 5.32 Å². The van der Waals surface area contributed by atoms with Crippen LogP contribution in [0.4, 0.5) is 18.9 Å². The van der Waals surface area contributed by atoms with Gasteiger partial charge < -0.3 is 5.32 Å². The van der Waals surface area contributed by atoms with Crippen molar-refractivity contribution in [2.75, 3.05) is 11.9 Å². The Kier molecular flexibility index (Phi) is 3.08. The number of anilines is 1. The lowest BCUT2D eigenvalue weighted by Gasteiger charge is -2.26. The zero-order valence-corrected chi connectivity index (χ0v) is 9.12. The average Bonchev–Trinajstić information content (AvgIpc) is 2.26. The normalized spacial score (nSPS) is 19.1. The van der Waals surface area contributed by atoms with Gasteiger partial charge in [-0.25, -0.2) is 13.2 Å². The molecule has 1 atom stereocenters. The molecule has 88 valence electrons. The van der Waals surface area contributed by atoms with E-state index in [1.807, 2.05) is 6.92 Å². The van der Waals surface area contributed by atoms with Crippen LogP contribution in [0.3, 0.4) is 0 Å². The molecule has 0 radical (unpaired) electrons. The molecule has 0 fully saturated rings. The summed E-state index contributed by atoms with van der Waals surface area (Å²) in [6.45, 7) is 2.67. The summed E-state index contributed by atoms with van der Waals surface area (Å²) in [7, 11) is 0. The van der Waals surface area contributed by atoms with Crippen molar-refractivity contribution in [1.29, 1.82) is 0 Å². The van der Waals surface area contributed by atoms with Crippen molar-refractivity contribution in [3.63, 3.8) is 0 Å². The molecular weight excluding hydrogens is 215 g/mol. The van der Waals surface area contributed by atoms with Crippen molar-refractivity contribution in [2.24, 2.45) is 5.92 Å². The van der Waals surface area contributed by atoms with Gasteiger partial charge in [-0.05, 0) is 18.8 Å². The van der Waals surface area contributed by atoms with E-state index in [1.54, 1.807) is 0 Å². The molecule has 1 unspecified atom stereocenters. The quantitative estimate of drug-likeness (QED) is 0.765. The summed E-state index contributed by atoms with van der Waals surface area (Å²) >= 11 is 0. The van der Waals surface area contributed by atoms with Crippen LogP contribution in [-0.2, 0) is 6.42 Å². The van der Waals surface area contributed by atoms with Gasteiger partial charge in [0.2, 0.25) is 0 Å². The van der Waals surface area contributed by atoms with E-state index in [-0.39, 0.29) is 17.2 Å². The van der Waals surface area contributed by atoms with E-state index in [0.717, 1.165) is 12.8 Å². The molecule has 1 N–H and O–H groups in total. The summed E-state index contributed by atoms with van der Waals surface area (Å²) in [5.41, 5.74) is 0.286. The first-order valence-corrected chi connectivity index (χ1v) is 5.53. The topological polar surface area (TPSA) is 12.0 Å². The summed E-state index contributed by atoms with van der Waals surface area (Å²) in [6, 6.07) is 0.599. The van der Waals surface area contributed by atoms with Crippen molar-refractivity contribution < 1.29 is 13.2 Å². The molecule has 4 heteroatoms. The first-order chi connectivity index (χ1) is 7.63. The molecule has 1 aromatic carbocycles. The van der Waals surface area contributed by atoms with Crippen LogP contribution in [0.2, 0.25) is 0 Å². The highest BCUT2D eigenvalue weighted by atomic mass is 19.2. The van der Waals surface area contributed by atoms with Crippen LogP contribution in [0.15, 0.2) is 6.07 Å². The van der Waals surface area contributed by atoms with E-state index in [0.29, 0.717) is 19.0 Å². The fourth-order valence-electron chi connectivity index (χ4n) is 2.25. The van der Waals surface area contributed by atoms with Gasteiger partial charge in [0, 0.05) is 18.2 Å². The van der Waals surface area contributed by atoms with E-state index >= 15 is 0 Å². The lowest BCUT2D eigenvalue weighted by Crippen LogP contribution is -2.25. The summed E-state index contributed by atoms with van der Waals surface area (Å²) in [4.78, 5) is 0. The number of nitrogens with one attached hydrogen (secondary N) is 1. The molecule has 0 aromatic heterocycles. The second kappa shape index (κ2) is 4.36. The Morgan fingerprint density at radius 2 is 2.06 bits per heavy atom. The van der Waals surface area contributed by atoms with Gasteiger partial charge in [0.05, 0.1) is 5.69 Å². The van der Waals surface area contributed by atoms with Gasteiger partial charge in [0.25, 0.3) is 0 Å². The highest BCUT2D eigenvalue weighted by Gasteiger charge is 2.25. The number of rotatable bonds is 2. The molecule has 1 heterocycles. The van der Waals surface area contributed by atoms with Gasteiger partial charge in [-0.15, -0.1) is 0 Å². The Balaban J connectivity index is 2.36. The van der Waals surface area contributed by atoms with E-state index in [9.17, 15) is 13.2 Å². The molecule has 1 nitrogen and oxygen atoms in total. The third kappa shape index (κ3) is 1.88. The highest BCUT2D eigenvalue weighted by Crippen LogP contribution is 2.32. The summed E-state index contributed by atoms with van der Waals surface area (Å²) in [5, 5.41) is 2.85. The fourth-order valence-corrected chi connectivity index (χ4v) is 2.25. The lowest BCUT2D eigenvalue weighted by atomic mass is 9.90. The molecule has 0 bridgehead atoms. The third-order valence-electron chi connectivity index (χ3n) is 3.03. The molecule has 16 heavy (non-hydrogen) atoms. The Bertz CT molecular complexity index is 404. The first-order valence-electron chi connectivity index (χ1n) is 5.53. The SMILES string of the molecule is CCCC1CNc2c(F)cc(F)c(F)c2C1. The number of hydrogen-bond donors (Lipinski definition) is 1. The van der Waals surface area contributed by atoms with Crippen LogP contribution >= 0.6 is 0 Å². The van der Waals surface area contributed by atoms with Crippen molar-refractivity contribution >= 4 is 5.69 Å². The molecule has 0 spiro atoms. The molecule has 1 aromatic rings. The molecule has 0 amide bonds. The van der Waals surface area contributed by atoms with Crippen LogP contribution in [0, 0.1) is 23.4 Å². The van der Waals surface area contributed by atoms with Crippen LogP contribution in [0.1, 0.15) is 25.3 Å². The first kappa shape index (κ1) is 11.3. The Hall–Kier alpha value is -1.19. The van der Waals surface area contributed by atoms with E-state index in [4.69, 9.17) is 0 Å². The zero-order chi connectivity index (χ0) is 11.7. The second-order valence-electron chi connectivity index (χ2n) is 4.25. The molecule has 1 aliphatic rings. The van der Waals surface area contributed by atoms with Gasteiger partial charge in [-0.1, -0.05) is 13.3 Å². The van der Waals surface area contributed by atoms with Crippen molar-refractivity contribution in [2.45, 2.75) is 26.2 Å². The number of hydrogen-bond acceptors (Lipinski definition) is 1. The summed E-state index contributed by atoms with van der Waals surface area (Å²) in [5.74, 6) is -2.46. The zero-order valence-electron chi connectivity index (χ0n) is 9.12. The highest BCUT2D eigenvalue weighted by molar-refractivity contribution is 5.55. The van der Waals surface area contributed by atoms with Crippen LogP contribution in [0.25, 0.3) is 0 Å². The van der Waals surface area contributed by atoms with Gasteiger partial charge in [-0.2, -0.15) is 0 Å². The number of fused-ring (bicyclic) bond motifs is 1. The van der Waals surface area contributed by atoms with Gasteiger partial charge >= 0.3 is 0 Å². The minimum atomic E-state index is -1.10. The predicted molar refractivity (Wildman–Crippen MR) is 56.9 cm³/mol. The molecule has 1 aliphatic heterocycles. The number of halogens is 3. The molecule has 2 rings (SSSR count). The minimum Gasteiger partial charge on any atom is -0.382 e. The molecule has 0 saturated heterocycles. The Morgan fingerprint density at radius 3 is 2.75 bits per heavy atom. The van der Waals surface area contributed by atoms with Crippen molar-refractivity contribution in [3.05, 3.63) is 29.1 Å².